The lowest BCUT2D eigenvalue weighted by Crippen LogP contribution is -2.40. The number of hydrogen-bond acceptors (Lipinski definition) is 3. The van der Waals surface area contributed by atoms with Gasteiger partial charge in [-0.1, -0.05) is 51.1 Å². The van der Waals surface area contributed by atoms with Crippen molar-refractivity contribution in [1.29, 1.82) is 0 Å². The van der Waals surface area contributed by atoms with Crippen molar-refractivity contribution in [3.63, 3.8) is 0 Å². The van der Waals surface area contributed by atoms with Crippen molar-refractivity contribution >= 4 is 5.91 Å². The Labute approximate surface area is 156 Å². The molecule has 0 aromatic heterocycles. The molecule has 1 amide bonds. The first-order valence-corrected chi connectivity index (χ1v) is 9.19. The number of carbonyl (C=O) groups excluding carboxylic acids is 1. The summed E-state index contributed by atoms with van der Waals surface area (Å²) < 4.78 is 11.1. The number of rotatable bonds is 9. The van der Waals surface area contributed by atoms with Gasteiger partial charge in [-0.2, -0.15) is 0 Å². The maximum absolute atomic E-state index is 12.8. The fourth-order valence-corrected chi connectivity index (χ4v) is 2.84. The van der Waals surface area contributed by atoms with E-state index in [1.54, 1.807) is 7.11 Å². The first-order chi connectivity index (χ1) is 12.5. The summed E-state index contributed by atoms with van der Waals surface area (Å²) in [4.78, 5) is 12.8. The quantitative estimate of drug-likeness (QED) is 0.706. The molecular formula is C22H29NO3. The molecule has 0 saturated heterocycles. The Balaban J connectivity index is 2.10. The van der Waals surface area contributed by atoms with Crippen molar-refractivity contribution in [1.82, 2.24) is 5.32 Å². The highest BCUT2D eigenvalue weighted by molar-refractivity contribution is 5.81. The summed E-state index contributed by atoms with van der Waals surface area (Å²) >= 11 is 0. The van der Waals surface area contributed by atoms with Gasteiger partial charge in [0.25, 0.3) is 5.91 Å². The molecule has 2 aromatic rings. The van der Waals surface area contributed by atoms with Gasteiger partial charge in [-0.05, 0) is 48.6 Å². The fraction of sp³-hybridized carbons (Fsp3) is 0.409. The Morgan fingerprint density at radius 3 is 2.19 bits per heavy atom. The number of hydrogen-bond donors (Lipinski definition) is 1. The molecule has 0 unspecified atom stereocenters. The molecule has 0 aliphatic carbocycles. The summed E-state index contributed by atoms with van der Waals surface area (Å²) in [6.07, 6.45) is 0.961. The zero-order valence-corrected chi connectivity index (χ0v) is 16.1. The minimum atomic E-state index is -0.509. The Morgan fingerprint density at radius 2 is 1.65 bits per heavy atom. The second kappa shape index (κ2) is 9.85. The Morgan fingerprint density at radius 1 is 1.00 bits per heavy atom. The number of nitrogens with one attached hydrogen (secondary N) is 1. The molecule has 0 heterocycles. The molecule has 0 radical (unpaired) electrons. The molecule has 1 N–H and O–H groups in total. The van der Waals surface area contributed by atoms with E-state index in [-0.39, 0.29) is 11.9 Å². The maximum Gasteiger partial charge on any atom is 0.261 e. The summed E-state index contributed by atoms with van der Waals surface area (Å²) in [5, 5.41) is 3.17. The molecule has 2 aromatic carbocycles. The van der Waals surface area contributed by atoms with Crippen molar-refractivity contribution in [3.8, 4) is 11.5 Å². The number of para-hydroxylation sites is 1. The molecule has 4 nitrogen and oxygen atoms in total. The number of benzene rings is 2. The van der Waals surface area contributed by atoms with Crippen LogP contribution in [0.25, 0.3) is 0 Å². The number of methoxy groups -OCH3 is 1. The standard InChI is InChI=1S/C22H29NO3/c1-5-21(26-19-9-7-6-8-10-19)22(24)23-20(15-16(2)3)17-11-13-18(25-4)14-12-17/h6-14,16,20-21H,5,15H2,1-4H3,(H,23,24)/t20-,21+/m0/s1. The van der Waals surface area contributed by atoms with Crippen LogP contribution in [0.5, 0.6) is 11.5 Å². The fourth-order valence-electron chi connectivity index (χ4n) is 2.84. The third-order valence-corrected chi connectivity index (χ3v) is 4.23. The van der Waals surface area contributed by atoms with E-state index in [1.807, 2.05) is 61.5 Å². The largest absolute Gasteiger partial charge is 0.497 e. The third kappa shape index (κ3) is 5.80. The Bertz CT molecular complexity index is 668. The summed E-state index contributed by atoms with van der Waals surface area (Å²) in [6.45, 7) is 6.26. The van der Waals surface area contributed by atoms with E-state index < -0.39 is 6.10 Å². The molecule has 26 heavy (non-hydrogen) atoms. The molecule has 0 fully saturated rings. The molecule has 2 rings (SSSR count). The smallest absolute Gasteiger partial charge is 0.261 e. The van der Waals surface area contributed by atoms with E-state index in [4.69, 9.17) is 9.47 Å². The minimum absolute atomic E-state index is 0.0539. The van der Waals surface area contributed by atoms with Crippen LogP contribution in [0.15, 0.2) is 54.6 Å². The van der Waals surface area contributed by atoms with E-state index in [2.05, 4.69) is 19.2 Å². The van der Waals surface area contributed by atoms with Crippen LogP contribution in [0.3, 0.4) is 0 Å². The molecule has 0 spiro atoms. The molecule has 140 valence electrons. The lowest BCUT2D eigenvalue weighted by Gasteiger charge is -2.24. The highest BCUT2D eigenvalue weighted by atomic mass is 16.5. The van der Waals surface area contributed by atoms with Crippen molar-refractivity contribution in [3.05, 3.63) is 60.2 Å². The lowest BCUT2D eigenvalue weighted by atomic mass is 9.96. The molecular weight excluding hydrogens is 326 g/mol. The number of ether oxygens (including phenoxy) is 2. The lowest BCUT2D eigenvalue weighted by molar-refractivity contribution is -0.129. The van der Waals surface area contributed by atoms with Crippen LogP contribution < -0.4 is 14.8 Å². The average Bonchev–Trinajstić information content (AvgIpc) is 2.66. The van der Waals surface area contributed by atoms with E-state index in [1.165, 1.54) is 0 Å². The van der Waals surface area contributed by atoms with Crippen molar-refractivity contribution in [2.24, 2.45) is 5.92 Å². The maximum atomic E-state index is 12.8. The first-order valence-electron chi connectivity index (χ1n) is 9.19. The van der Waals surface area contributed by atoms with Crippen LogP contribution in [0, 0.1) is 5.92 Å². The first kappa shape index (κ1) is 19.8. The molecule has 0 saturated carbocycles. The van der Waals surface area contributed by atoms with E-state index in [9.17, 15) is 4.79 Å². The van der Waals surface area contributed by atoms with Gasteiger partial charge in [0.15, 0.2) is 6.10 Å². The van der Waals surface area contributed by atoms with E-state index in [0.717, 1.165) is 17.7 Å². The zero-order chi connectivity index (χ0) is 18.9. The van der Waals surface area contributed by atoms with E-state index in [0.29, 0.717) is 18.1 Å². The van der Waals surface area contributed by atoms with E-state index >= 15 is 0 Å². The number of amides is 1. The molecule has 0 aliphatic rings. The van der Waals surface area contributed by atoms with Gasteiger partial charge in [0.1, 0.15) is 11.5 Å². The van der Waals surface area contributed by atoms with Crippen LogP contribution in [0.4, 0.5) is 0 Å². The van der Waals surface area contributed by atoms with Gasteiger partial charge in [-0.3, -0.25) is 4.79 Å². The minimum Gasteiger partial charge on any atom is -0.497 e. The molecule has 2 atom stereocenters. The van der Waals surface area contributed by atoms with Gasteiger partial charge in [-0.15, -0.1) is 0 Å². The average molecular weight is 355 g/mol. The van der Waals surface area contributed by atoms with Gasteiger partial charge in [0.05, 0.1) is 13.2 Å². The van der Waals surface area contributed by atoms with Gasteiger partial charge in [0, 0.05) is 0 Å². The van der Waals surface area contributed by atoms with Crippen LogP contribution in [-0.4, -0.2) is 19.1 Å². The Hall–Kier alpha value is -2.49. The predicted octanol–water partition coefficient (Wildman–Crippen LogP) is 4.76. The van der Waals surface area contributed by atoms with Crippen LogP contribution in [0.1, 0.15) is 45.2 Å². The Kier molecular flexibility index (Phi) is 7.52. The monoisotopic (exact) mass is 355 g/mol. The molecule has 4 heteroatoms. The van der Waals surface area contributed by atoms with Crippen molar-refractivity contribution < 1.29 is 14.3 Å². The SMILES string of the molecule is CC[C@@H](Oc1ccccc1)C(=O)N[C@@H](CC(C)C)c1ccc(OC)cc1. The second-order valence-corrected chi connectivity index (χ2v) is 6.79. The summed E-state index contributed by atoms with van der Waals surface area (Å²) in [5.74, 6) is 1.89. The third-order valence-electron chi connectivity index (χ3n) is 4.23. The second-order valence-electron chi connectivity index (χ2n) is 6.79. The molecule has 0 aliphatic heterocycles. The molecule has 0 bridgehead atoms. The van der Waals surface area contributed by atoms with Crippen LogP contribution in [0.2, 0.25) is 0 Å². The predicted molar refractivity (Wildman–Crippen MR) is 104 cm³/mol. The summed E-state index contributed by atoms with van der Waals surface area (Å²) in [5.41, 5.74) is 1.07. The summed E-state index contributed by atoms with van der Waals surface area (Å²) in [6, 6.07) is 17.3. The van der Waals surface area contributed by atoms with Crippen LogP contribution in [-0.2, 0) is 4.79 Å². The van der Waals surface area contributed by atoms with Gasteiger partial charge < -0.3 is 14.8 Å². The van der Waals surface area contributed by atoms with Gasteiger partial charge in [-0.25, -0.2) is 0 Å². The van der Waals surface area contributed by atoms with Crippen LogP contribution >= 0.6 is 0 Å². The number of carbonyl (C=O) groups is 1. The van der Waals surface area contributed by atoms with Crippen molar-refractivity contribution in [2.75, 3.05) is 7.11 Å². The van der Waals surface area contributed by atoms with Gasteiger partial charge >= 0.3 is 0 Å². The highest BCUT2D eigenvalue weighted by Gasteiger charge is 2.23. The zero-order valence-electron chi connectivity index (χ0n) is 16.1. The highest BCUT2D eigenvalue weighted by Crippen LogP contribution is 2.24. The van der Waals surface area contributed by atoms with Gasteiger partial charge in [0.2, 0.25) is 0 Å². The van der Waals surface area contributed by atoms with Crippen molar-refractivity contribution in [2.45, 2.75) is 45.8 Å². The summed E-state index contributed by atoms with van der Waals surface area (Å²) in [7, 11) is 1.65. The topological polar surface area (TPSA) is 47.6 Å². The normalized spacial score (nSPS) is 13.1.